The van der Waals surface area contributed by atoms with Gasteiger partial charge in [-0.25, -0.2) is 4.98 Å². The lowest BCUT2D eigenvalue weighted by molar-refractivity contribution is 0.273. The Bertz CT molecular complexity index is 408. The van der Waals surface area contributed by atoms with Gasteiger partial charge < -0.3 is 10.2 Å². The lowest BCUT2D eigenvalue weighted by Crippen LogP contribution is -2.37. The van der Waals surface area contributed by atoms with E-state index in [0.29, 0.717) is 6.04 Å². The maximum atomic E-state index is 4.60. The predicted octanol–water partition coefficient (Wildman–Crippen LogP) is 1.19. The Hall–Kier alpha value is -1.36. The van der Waals surface area contributed by atoms with E-state index in [1.807, 2.05) is 13.2 Å². The van der Waals surface area contributed by atoms with Crippen molar-refractivity contribution in [3.63, 3.8) is 0 Å². The average Bonchev–Trinajstić information content (AvgIpc) is 2.76. The van der Waals surface area contributed by atoms with E-state index in [1.54, 1.807) is 6.20 Å². The molecule has 0 bridgehead atoms. The molecule has 1 aromatic rings. The SMILES string of the molecule is CNc1cncc(N2CCCN3CCCC3C2)n1. The van der Waals surface area contributed by atoms with Gasteiger partial charge in [0.05, 0.1) is 12.4 Å². The first kappa shape index (κ1) is 11.7. The Balaban J connectivity index is 1.78. The van der Waals surface area contributed by atoms with Crippen LogP contribution in [0.15, 0.2) is 12.4 Å². The normalized spacial score (nSPS) is 24.7. The highest BCUT2D eigenvalue weighted by Crippen LogP contribution is 2.24. The van der Waals surface area contributed by atoms with E-state index in [4.69, 9.17) is 0 Å². The highest BCUT2D eigenvalue weighted by Gasteiger charge is 2.29. The second-order valence-electron chi connectivity index (χ2n) is 5.14. The molecule has 1 aromatic heterocycles. The molecule has 2 aliphatic rings. The van der Waals surface area contributed by atoms with Crippen molar-refractivity contribution in [2.24, 2.45) is 0 Å². The van der Waals surface area contributed by atoms with Crippen LogP contribution in [-0.4, -0.2) is 54.1 Å². The molecule has 3 rings (SSSR count). The summed E-state index contributed by atoms with van der Waals surface area (Å²) >= 11 is 0. The molecule has 2 saturated heterocycles. The number of nitrogens with one attached hydrogen (secondary N) is 1. The summed E-state index contributed by atoms with van der Waals surface area (Å²) in [4.78, 5) is 13.9. The second-order valence-corrected chi connectivity index (χ2v) is 5.14. The maximum absolute atomic E-state index is 4.60. The van der Waals surface area contributed by atoms with Crippen molar-refractivity contribution in [2.45, 2.75) is 25.3 Å². The first-order valence-electron chi connectivity index (χ1n) is 6.85. The summed E-state index contributed by atoms with van der Waals surface area (Å²) in [6.45, 7) is 4.71. The van der Waals surface area contributed by atoms with Crippen molar-refractivity contribution >= 4 is 11.6 Å². The molecule has 98 valence electrons. The molecule has 1 unspecified atom stereocenters. The van der Waals surface area contributed by atoms with E-state index in [-0.39, 0.29) is 0 Å². The van der Waals surface area contributed by atoms with E-state index in [1.165, 1.54) is 32.4 Å². The summed E-state index contributed by atoms with van der Waals surface area (Å²) in [7, 11) is 1.88. The van der Waals surface area contributed by atoms with Crippen LogP contribution in [-0.2, 0) is 0 Å². The summed E-state index contributed by atoms with van der Waals surface area (Å²) < 4.78 is 0. The molecule has 0 aromatic carbocycles. The lowest BCUT2D eigenvalue weighted by atomic mass is 10.2. The highest BCUT2D eigenvalue weighted by molar-refractivity contribution is 5.43. The minimum absolute atomic E-state index is 0.715. The van der Waals surface area contributed by atoms with Crippen molar-refractivity contribution in [3.8, 4) is 0 Å². The zero-order valence-electron chi connectivity index (χ0n) is 11.0. The van der Waals surface area contributed by atoms with E-state index in [2.05, 4.69) is 25.1 Å². The van der Waals surface area contributed by atoms with Gasteiger partial charge in [-0.15, -0.1) is 0 Å². The van der Waals surface area contributed by atoms with E-state index >= 15 is 0 Å². The third-order valence-corrected chi connectivity index (χ3v) is 4.01. The van der Waals surface area contributed by atoms with Gasteiger partial charge >= 0.3 is 0 Å². The van der Waals surface area contributed by atoms with Crippen molar-refractivity contribution in [1.82, 2.24) is 14.9 Å². The molecule has 0 aliphatic carbocycles. The number of aromatic nitrogens is 2. The standard InChI is InChI=1S/C13H21N5/c1-14-12-8-15-9-13(16-12)18-7-3-6-17-5-2-4-11(17)10-18/h8-9,11H,2-7,10H2,1H3,(H,14,16). The van der Waals surface area contributed by atoms with Gasteiger partial charge in [-0.05, 0) is 25.8 Å². The third kappa shape index (κ3) is 2.27. The maximum Gasteiger partial charge on any atom is 0.149 e. The van der Waals surface area contributed by atoms with Gasteiger partial charge in [0.1, 0.15) is 11.6 Å². The van der Waals surface area contributed by atoms with Crippen LogP contribution >= 0.6 is 0 Å². The van der Waals surface area contributed by atoms with E-state index in [0.717, 1.165) is 24.7 Å². The van der Waals surface area contributed by atoms with Gasteiger partial charge in [-0.3, -0.25) is 9.88 Å². The number of anilines is 2. The smallest absolute Gasteiger partial charge is 0.149 e. The van der Waals surface area contributed by atoms with E-state index < -0.39 is 0 Å². The van der Waals surface area contributed by atoms with Crippen LogP contribution in [0.4, 0.5) is 11.6 Å². The van der Waals surface area contributed by atoms with Crippen molar-refractivity contribution < 1.29 is 0 Å². The summed E-state index contributed by atoms with van der Waals surface area (Å²) in [5.74, 6) is 1.86. The Kier molecular flexibility index (Phi) is 3.32. The van der Waals surface area contributed by atoms with Gasteiger partial charge in [-0.2, -0.15) is 0 Å². The number of hydrogen-bond donors (Lipinski definition) is 1. The van der Waals surface area contributed by atoms with Gasteiger partial charge in [-0.1, -0.05) is 0 Å². The quantitative estimate of drug-likeness (QED) is 0.850. The molecule has 0 saturated carbocycles. The van der Waals surface area contributed by atoms with Crippen LogP contribution in [0.3, 0.4) is 0 Å². The van der Waals surface area contributed by atoms with Crippen LogP contribution in [0, 0.1) is 0 Å². The largest absolute Gasteiger partial charge is 0.372 e. The zero-order chi connectivity index (χ0) is 12.4. The van der Waals surface area contributed by atoms with Gasteiger partial charge in [0, 0.05) is 32.7 Å². The molecule has 5 heteroatoms. The number of nitrogens with zero attached hydrogens (tertiary/aromatic N) is 4. The fourth-order valence-electron chi connectivity index (χ4n) is 3.04. The van der Waals surface area contributed by atoms with Crippen molar-refractivity contribution in [3.05, 3.63) is 12.4 Å². The Morgan fingerprint density at radius 3 is 3.00 bits per heavy atom. The van der Waals surface area contributed by atoms with Crippen LogP contribution in [0.25, 0.3) is 0 Å². The molecule has 0 amide bonds. The first-order chi connectivity index (χ1) is 8.86. The van der Waals surface area contributed by atoms with Crippen LogP contribution < -0.4 is 10.2 Å². The van der Waals surface area contributed by atoms with Crippen LogP contribution in [0.5, 0.6) is 0 Å². The molecule has 2 fully saturated rings. The number of fused-ring (bicyclic) bond motifs is 1. The summed E-state index contributed by atoms with van der Waals surface area (Å²) in [5.41, 5.74) is 0. The van der Waals surface area contributed by atoms with Gasteiger partial charge in [0.25, 0.3) is 0 Å². The molecular weight excluding hydrogens is 226 g/mol. The molecular formula is C13H21N5. The second kappa shape index (κ2) is 5.10. The fraction of sp³-hybridized carbons (Fsp3) is 0.692. The lowest BCUT2D eigenvalue weighted by Gasteiger charge is -2.26. The predicted molar refractivity (Wildman–Crippen MR) is 73.0 cm³/mol. The van der Waals surface area contributed by atoms with Crippen LogP contribution in [0.2, 0.25) is 0 Å². The Morgan fingerprint density at radius 2 is 2.11 bits per heavy atom. The molecule has 2 aliphatic heterocycles. The molecule has 1 atom stereocenters. The minimum Gasteiger partial charge on any atom is -0.372 e. The topological polar surface area (TPSA) is 44.3 Å². The minimum atomic E-state index is 0.715. The first-order valence-corrected chi connectivity index (χ1v) is 6.85. The molecule has 5 nitrogen and oxygen atoms in total. The molecule has 1 N–H and O–H groups in total. The number of rotatable bonds is 2. The Morgan fingerprint density at radius 1 is 1.22 bits per heavy atom. The summed E-state index contributed by atoms with van der Waals surface area (Å²) in [6, 6.07) is 0.715. The van der Waals surface area contributed by atoms with Crippen molar-refractivity contribution in [2.75, 3.05) is 43.4 Å². The average molecular weight is 247 g/mol. The highest BCUT2D eigenvalue weighted by atomic mass is 15.3. The molecule has 18 heavy (non-hydrogen) atoms. The van der Waals surface area contributed by atoms with E-state index in [9.17, 15) is 0 Å². The number of hydrogen-bond acceptors (Lipinski definition) is 5. The van der Waals surface area contributed by atoms with Gasteiger partial charge in [0.15, 0.2) is 0 Å². The zero-order valence-corrected chi connectivity index (χ0v) is 11.0. The Labute approximate surface area is 108 Å². The van der Waals surface area contributed by atoms with Gasteiger partial charge in [0.2, 0.25) is 0 Å². The monoisotopic (exact) mass is 247 g/mol. The van der Waals surface area contributed by atoms with Crippen molar-refractivity contribution in [1.29, 1.82) is 0 Å². The summed E-state index contributed by atoms with van der Waals surface area (Å²) in [5, 5.41) is 3.06. The fourth-order valence-corrected chi connectivity index (χ4v) is 3.04. The molecule has 0 radical (unpaired) electrons. The van der Waals surface area contributed by atoms with Crippen LogP contribution in [0.1, 0.15) is 19.3 Å². The summed E-state index contributed by atoms with van der Waals surface area (Å²) in [6.07, 6.45) is 7.55. The third-order valence-electron chi connectivity index (χ3n) is 4.01. The molecule has 0 spiro atoms. The molecule has 3 heterocycles.